The van der Waals surface area contributed by atoms with Gasteiger partial charge in [-0.1, -0.05) is 0 Å². The molecule has 0 bridgehead atoms. The van der Waals surface area contributed by atoms with Gasteiger partial charge in [0.05, 0.1) is 0 Å². The van der Waals surface area contributed by atoms with E-state index in [0.29, 0.717) is 32.5 Å². The van der Waals surface area contributed by atoms with E-state index in [-0.39, 0.29) is 18.3 Å². The fourth-order valence-corrected chi connectivity index (χ4v) is 2.37. The summed E-state index contributed by atoms with van der Waals surface area (Å²) in [5.41, 5.74) is -0.0444. The molecule has 0 saturated heterocycles. The summed E-state index contributed by atoms with van der Waals surface area (Å²) in [6.45, 7) is 2.28. The molecule has 21 heavy (non-hydrogen) atoms. The highest BCUT2D eigenvalue weighted by Crippen LogP contribution is 2.09. The Bertz CT molecular complexity index is 522. The Kier molecular flexibility index (Phi) is 5.79. The highest BCUT2D eigenvalue weighted by Gasteiger charge is 2.16. The number of rotatable bonds is 7. The van der Waals surface area contributed by atoms with Gasteiger partial charge in [0.2, 0.25) is 0 Å². The van der Waals surface area contributed by atoms with E-state index in [4.69, 9.17) is 5.11 Å². The number of hydrogen-bond donors (Lipinski definition) is 3. The minimum atomic E-state index is -0.250. The van der Waals surface area contributed by atoms with Crippen molar-refractivity contribution in [3.05, 3.63) is 16.3 Å². The topological polar surface area (TPSA) is 101 Å². The lowest BCUT2D eigenvalue weighted by Gasteiger charge is -2.09. The number of aryl methyl sites for hydroxylation is 2. The van der Waals surface area contributed by atoms with Gasteiger partial charge >= 0.3 is 11.7 Å². The summed E-state index contributed by atoms with van der Waals surface area (Å²) in [4.78, 5) is 23.4. The van der Waals surface area contributed by atoms with Crippen LogP contribution in [0.2, 0.25) is 0 Å². The monoisotopic (exact) mass is 297 g/mol. The number of amides is 2. The van der Waals surface area contributed by atoms with Crippen LogP contribution in [0.15, 0.2) is 4.79 Å². The lowest BCUT2D eigenvalue weighted by Crippen LogP contribution is -2.37. The van der Waals surface area contributed by atoms with E-state index in [0.717, 1.165) is 31.6 Å². The predicted octanol–water partition coefficient (Wildman–Crippen LogP) is -0.547. The average Bonchev–Trinajstić information content (AvgIpc) is 2.81. The molecule has 1 aromatic heterocycles. The first-order valence-electron chi connectivity index (χ1n) is 7.51. The Labute approximate surface area is 123 Å². The van der Waals surface area contributed by atoms with Crippen molar-refractivity contribution in [2.24, 2.45) is 0 Å². The molecule has 3 N–H and O–H groups in total. The Morgan fingerprint density at radius 1 is 1.24 bits per heavy atom. The first kappa shape index (κ1) is 15.6. The van der Waals surface area contributed by atoms with Crippen molar-refractivity contribution in [3.63, 3.8) is 0 Å². The molecule has 0 aromatic carbocycles. The normalized spacial score (nSPS) is 13.8. The maximum Gasteiger partial charge on any atom is 0.345 e. The number of aliphatic hydroxyl groups is 1. The van der Waals surface area contributed by atoms with E-state index in [9.17, 15) is 9.59 Å². The van der Waals surface area contributed by atoms with Crippen molar-refractivity contribution in [1.29, 1.82) is 0 Å². The third kappa shape index (κ3) is 4.32. The van der Waals surface area contributed by atoms with Gasteiger partial charge < -0.3 is 15.7 Å². The minimum Gasteiger partial charge on any atom is -0.396 e. The van der Waals surface area contributed by atoms with Crippen LogP contribution in [0.1, 0.15) is 31.5 Å². The molecule has 2 amide bonds. The lowest BCUT2D eigenvalue weighted by molar-refractivity contribution is 0.237. The summed E-state index contributed by atoms with van der Waals surface area (Å²) >= 11 is 0. The number of aromatic nitrogens is 3. The maximum absolute atomic E-state index is 12.1. The third-order valence-electron chi connectivity index (χ3n) is 3.48. The third-order valence-corrected chi connectivity index (χ3v) is 3.48. The molecule has 0 aliphatic carbocycles. The second-order valence-corrected chi connectivity index (χ2v) is 5.14. The van der Waals surface area contributed by atoms with Crippen molar-refractivity contribution >= 4 is 6.03 Å². The number of fused-ring (bicyclic) bond motifs is 1. The van der Waals surface area contributed by atoms with Crippen LogP contribution in [0.5, 0.6) is 0 Å². The molecule has 118 valence electrons. The summed E-state index contributed by atoms with van der Waals surface area (Å²) < 4.78 is 3.24. The number of nitrogens with one attached hydrogen (secondary N) is 2. The van der Waals surface area contributed by atoms with E-state index in [1.54, 1.807) is 4.57 Å². The highest BCUT2D eigenvalue weighted by atomic mass is 16.3. The molecule has 0 spiro atoms. The van der Waals surface area contributed by atoms with Crippen molar-refractivity contribution in [2.75, 3.05) is 19.7 Å². The zero-order valence-electron chi connectivity index (χ0n) is 12.2. The molecule has 1 aliphatic heterocycles. The van der Waals surface area contributed by atoms with Gasteiger partial charge in [-0.25, -0.2) is 14.3 Å². The Morgan fingerprint density at radius 2 is 2.00 bits per heavy atom. The van der Waals surface area contributed by atoms with Crippen LogP contribution in [0, 0.1) is 0 Å². The zero-order chi connectivity index (χ0) is 15.1. The van der Waals surface area contributed by atoms with Crippen LogP contribution in [-0.2, 0) is 19.5 Å². The Balaban J connectivity index is 1.70. The molecular formula is C13H23N5O3. The van der Waals surface area contributed by atoms with Crippen molar-refractivity contribution < 1.29 is 9.90 Å². The van der Waals surface area contributed by atoms with Crippen LogP contribution in [0.25, 0.3) is 0 Å². The van der Waals surface area contributed by atoms with E-state index in [2.05, 4.69) is 15.7 Å². The molecule has 1 aliphatic rings. The molecule has 0 fully saturated rings. The average molecular weight is 297 g/mol. The van der Waals surface area contributed by atoms with Crippen molar-refractivity contribution in [1.82, 2.24) is 25.0 Å². The van der Waals surface area contributed by atoms with Gasteiger partial charge in [-0.3, -0.25) is 4.57 Å². The quantitative estimate of drug-likeness (QED) is 0.588. The first-order chi connectivity index (χ1) is 10.2. The molecule has 0 unspecified atom stereocenters. The molecule has 0 saturated carbocycles. The summed E-state index contributed by atoms with van der Waals surface area (Å²) in [6, 6.07) is -0.250. The fraction of sp³-hybridized carbons (Fsp3) is 0.769. The zero-order valence-corrected chi connectivity index (χ0v) is 12.2. The second-order valence-electron chi connectivity index (χ2n) is 5.14. The van der Waals surface area contributed by atoms with Gasteiger partial charge in [-0.2, -0.15) is 5.10 Å². The number of carbonyl (C=O) groups is 1. The number of carbonyl (C=O) groups excluding carboxylic acids is 1. The van der Waals surface area contributed by atoms with E-state index in [1.807, 2.05) is 0 Å². The van der Waals surface area contributed by atoms with Crippen LogP contribution in [0.4, 0.5) is 4.79 Å². The molecular weight excluding hydrogens is 274 g/mol. The van der Waals surface area contributed by atoms with Crippen LogP contribution in [0.3, 0.4) is 0 Å². The summed E-state index contributed by atoms with van der Waals surface area (Å²) in [7, 11) is 0. The lowest BCUT2D eigenvalue weighted by atomic mass is 10.2. The number of nitrogens with zero attached hydrogens (tertiary/aromatic N) is 3. The number of hydrogen-bond acceptors (Lipinski definition) is 4. The van der Waals surface area contributed by atoms with Crippen molar-refractivity contribution in [3.8, 4) is 0 Å². The van der Waals surface area contributed by atoms with Gasteiger partial charge in [0, 0.05) is 39.2 Å². The predicted molar refractivity (Wildman–Crippen MR) is 77.1 cm³/mol. The van der Waals surface area contributed by atoms with E-state index >= 15 is 0 Å². The number of aliphatic hydroxyl groups excluding tert-OH is 1. The van der Waals surface area contributed by atoms with Gasteiger partial charge in [-0.05, 0) is 25.7 Å². The molecule has 2 heterocycles. The SMILES string of the molecule is O=C(NCCCO)NCCCn1nc2n(c1=O)CCCC2. The van der Waals surface area contributed by atoms with Crippen LogP contribution in [-0.4, -0.2) is 45.2 Å². The van der Waals surface area contributed by atoms with E-state index in [1.165, 1.54) is 4.68 Å². The molecule has 1 aromatic rings. The summed E-state index contributed by atoms with van der Waals surface area (Å²) in [5.74, 6) is 0.876. The van der Waals surface area contributed by atoms with Gasteiger partial charge in [0.25, 0.3) is 0 Å². The van der Waals surface area contributed by atoms with Crippen LogP contribution < -0.4 is 16.3 Å². The summed E-state index contributed by atoms with van der Waals surface area (Å²) in [5, 5.41) is 18.3. The molecule has 8 nitrogen and oxygen atoms in total. The second kappa shape index (κ2) is 7.82. The standard InChI is InChI=1S/C13H23N5O3/c19-10-4-7-15-12(20)14-6-3-9-18-13(21)17-8-2-1-5-11(17)16-18/h19H,1-10H2,(H2,14,15,20). The molecule has 0 atom stereocenters. The maximum atomic E-state index is 12.1. The highest BCUT2D eigenvalue weighted by molar-refractivity contribution is 5.73. The summed E-state index contributed by atoms with van der Waals surface area (Å²) in [6.07, 6.45) is 4.20. The van der Waals surface area contributed by atoms with E-state index < -0.39 is 0 Å². The van der Waals surface area contributed by atoms with Gasteiger partial charge in [0.15, 0.2) is 0 Å². The first-order valence-corrected chi connectivity index (χ1v) is 7.51. The van der Waals surface area contributed by atoms with Crippen LogP contribution >= 0.6 is 0 Å². The van der Waals surface area contributed by atoms with Gasteiger partial charge in [0.1, 0.15) is 5.82 Å². The smallest absolute Gasteiger partial charge is 0.345 e. The molecule has 2 rings (SSSR count). The number of urea groups is 1. The Hall–Kier alpha value is -1.83. The minimum absolute atomic E-state index is 0.0444. The largest absolute Gasteiger partial charge is 0.396 e. The van der Waals surface area contributed by atoms with Gasteiger partial charge in [-0.15, -0.1) is 0 Å². The molecule has 0 radical (unpaired) electrons. The van der Waals surface area contributed by atoms with Crippen molar-refractivity contribution in [2.45, 2.75) is 45.2 Å². The Morgan fingerprint density at radius 3 is 2.71 bits per heavy atom. The molecule has 8 heteroatoms. The fourth-order valence-electron chi connectivity index (χ4n) is 2.37.